The van der Waals surface area contributed by atoms with Crippen LogP contribution in [0.2, 0.25) is 5.15 Å². The second kappa shape index (κ2) is 4.84. The van der Waals surface area contributed by atoms with Gasteiger partial charge in [0.25, 0.3) is 5.56 Å². The molecule has 0 aromatic carbocycles. The third-order valence-electron chi connectivity index (χ3n) is 3.82. The first-order valence-electron chi connectivity index (χ1n) is 6.61. The smallest absolute Gasteiger partial charge is 0.320 e. The molecule has 0 N–H and O–H groups in total. The number of imidazole rings is 1. The predicted octanol–water partition coefficient (Wildman–Crippen LogP) is 0.177. The van der Waals surface area contributed by atoms with Gasteiger partial charge in [-0.25, -0.2) is 9.78 Å². The summed E-state index contributed by atoms with van der Waals surface area (Å²) in [5.41, 5.74) is 1.54. The number of aromatic nitrogens is 6. The average Bonchev–Trinajstić information content (AvgIpc) is 3.00. The SMILES string of the molecule is Cc1nn(C)c(Cl)c1Cn1cnc2c1c(=O)n(C)c(=O)n2C. The number of fused-ring (bicyclic) bond motifs is 1. The van der Waals surface area contributed by atoms with Gasteiger partial charge in [0.1, 0.15) is 5.15 Å². The van der Waals surface area contributed by atoms with Crippen LogP contribution in [0.1, 0.15) is 11.3 Å². The maximum atomic E-state index is 12.4. The summed E-state index contributed by atoms with van der Waals surface area (Å²) in [6.45, 7) is 2.22. The highest BCUT2D eigenvalue weighted by Gasteiger charge is 2.17. The van der Waals surface area contributed by atoms with Crippen LogP contribution in [0.15, 0.2) is 15.9 Å². The van der Waals surface area contributed by atoms with E-state index in [-0.39, 0.29) is 5.56 Å². The van der Waals surface area contributed by atoms with E-state index in [1.165, 1.54) is 17.9 Å². The first kappa shape index (κ1) is 14.6. The molecule has 116 valence electrons. The number of aryl methyl sites for hydroxylation is 3. The van der Waals surface area contributed by atoms with Gasteiger partial charge in [0, 0.05) is 26.7 Å². The molecule has 0 aliphatic rings. The number of hydrogen-bond donors (Lipinski definition) is 0. The first-order chi connectivity index (χ1) is 10.3. The summed E-state index contributed by atoms with van der Waals surface area (Å²) in [6, 6.07) is 0. The van der Waals surface area contributed by atoms with E-state index in [0.29, 0.717) is 22.9 Å². The van der Waals surface area contributed by atoms with E-state index in [1.807, 2.05) is 6.92 Å². The molecule has 0 aliphatic carbocycles. The number of halogens is 1. The van der Waals surface area contributed by atoms with Gasteiger partial charge >= 0.3 is 5.69 Å². The van der Waals surface area contributed by atoms with Crippen molar-refractivity contribution in [1.82, 2.24) is 28.5 Å². The van der Waals surface area contributed by atoms with E-state index < -0.39 is 5.69 Å². The van der Waals surface area contributed by atoms with Crippen LogP contribution in [0.4, 0.5) is 0 Å². The highest BCUT2D eigenvalue weighted by molar-refractivity contribution is 6.30. The third-order valence-corrected chi connectivity index (χ3v) is 4.29. The van der Waals surface area contributed by atoms with Crippen molar-refractivity contribution in [2.45, 2.75) is 13.5 Å². The standard InChI is InChI=1S/C13H15ClN6O2/c1-7-8(10(14)19(4)16-7)5-20-6-15-11-9(20)12(21)18(3)13(22)17(11)2/h6H,5H2,1-4H3. The molecule has 0 spiro atoms. The fraction of sp³-hybridized carbons (Fsp3) is 0.385. The van der Waals surface area contributed by atoms with Crippen LogP contribution in [0, 0.1) is 6.92 Å². The monoisotopic (exact) mass is 322 g/mol. The molecule has 3 heterocycles. The molecule has 0 amide bonds. The molecule has 0 saturated carbocycles. The van der Waals surface area contributed by atoms with Gasteiger partial charge in [-0.1, -0.05) is 11.6 Å². The van der Waals surface area contributed by atoms with E-state index in [4.69, 9.17) is 11.6 Å². The molecular weight excluding hydrogens is 308 g/mol. The second-order valence-corrected chi connectivity index (χ2v) is 5.59. The number of nitrogens with zero attached hydrogens (tertiary/aromatic N) is 6. The van der Waals surface area contributed by atoms with Crippen molar-refractivity contribution in [1.29, 1.82) is 0 Å². The quantitative estimate of drug-likeness (QED) is 0.674. The minimum absolute atomic E-state index is 0.353. The number of hydrogen-bond acceptors (Lipinski definition) is 4. The molecule has 9 heteroatoms. The van der Waals surface area contributed by atoms with Crippen LogP contribution in [-0.4, -0.2) is 28.5 Å². The van der Waals surface area contributed by atoms with Crippen LogP contribution >= 0.6 is 11.6 Å². The Hall–Kier alpha value is -2.35. The van der Waals surface area contributed by atoms with E-state index in [2.05, 4.69) is 10.1 Å². The molecule has 22 heavy (non-hydrogen) atoms. The van der Waals surface area contributed by atoms with Crippen LogP contribution in [0.3, 0.4) is 0 Å². The average molecular weight is 323 g/mol. The molecule has 0 unspecified atom stereocenters. The summed E-state index contributed by atoms with van der Waals surface area (Å²) in [6.07, 6.45) is 1.54. The molecule has 8 nitrogen and oxygen atoms in total. The van der Waals surface area contributed by atoms with Gasteiger partial charge in [-0.05, 0) is 6.92 Å². The molecular formula is C13H15ClN6O2. The van der Waals surface area contributed by atoms with Gasteiger partial charge in [0.15, 0.2) is 11.2 Å². The Kier molecular flexibility index (Phi) is 3.21. The van der Waals surface area contributed by atoms with Gasteiger partial charge < -0.3 is 4.57 Å². The largest absolute Gasteiger partial charge is 0.332 e. The van der Waals surface area contributed by atoms with E-state index >= 15 is 0 Å². The summed E-state index contributed by atoms with van der Waals surface area (Å²) in [4.78, 5) is 28.5. The maximum absolute atomic E-state index is 12.4. The highest BCUT2D eigenvalue weighted by atomic mass is 35.5. The lowest BCUT2D eigenvalue weighted by Crippen LogP contribution is -2.37. The third kappa shape index (κ3) is 1.91. The van der Waals surface area contributed by atoms with E-state index in [1.54, 1.807) is 23.3 Å². The molecule has 0 atom stereocenters. The van der Waals surface area contributed by atoms with Crippen LogP contribution in [-0.2, 0) is 27.7 Å². The summed E-state index contributed by atoms with van der Waals surface area (Å²) in [5, 5.41) is 4.77. The molecule has 0 aliphatic heterocycles. The van der Waals surface area contributed by atoms with Gasteiger partial charge in [-0.15, -0.1) is 0 Å². The molecule has 3 aromatic heterocycles. The van der Waals surface area contributed by atoms with Crippen LogP contribution < -0.4 is 11.2 Å². The Balaban J connectivity index is 2.26. The molecule has 0 saturated heterocycles. The van der Waals surface area contributed by atoms with Crippen molar-refractivity contribution in [3.8, 4) is 0 Å². The minimum Gasteiger partial charge on any atom is -0.320 e. The molecule has 0 fully saturated rings. The highest BCUT2D eigenvalue weighted by Crippen LogP contribution is 2.20. The maximum Gasteiger partial charge on any atom is 0.332 e. The first-order valence-corrected chi connectivity index (χ1v) is 6.99. The van der Waals surface area contributed by atoms with Crippen molar-refractivity contribution >= 4 is 22.8 Å². The molecule has 3 aromatic rings. The molecule has 0 bridgehead atoms. The van der Waals surface area contributed by atoms with Crippen molar-refractivity contribution in [2.24, 2.45) is 21.1 Å². The predicted molar refractivity (Wildman–Crippen MR) is 82.3 cm³/mol. The second-order valence-electron chi connectivity index (χ2n) is 5.23. The van der Waals surface area contributed by atoms with Crippen molar-refractivity contribution in [2.75, 3.05) is 0 Å². The lowest BCUT2D eigenvalue weighted by atomic mass is 10.2. The fourth-order valence-electron chi connectivity index (χ4n) is 2.54. The van der Waals surface area contributed by atoms with Crippen molar-refractivity contribution < 1.29 is 0 Å². The summed E-state index contributed by atoms with van der Waals surface area (Å²) >= 11 is 6.24. The van der Waals surface area contributed by atoms with Gasteiger partial charge in [-0.2, -0.15) is 5.10 Å². The van der Waals surface area contributed by atoms with Crippen molar-refractivity contribution in [3.05, 3.63) is 43.6 Å². The molecule has 0 radical (unpaired) electrons. The number of rotatable bonds is 2. The minimum atomic E-state index is -0.404. The topological polar surface area (TPSA) is 79.6 Å². The van der Waals surface area contributed by atoms with Crippen LogP contribution in [0.5, 0.6) is 0 Å². The zero-order valence-electron chi connectivity index (χ0n) is 12.7. The Morgan fingerprint density at radius 1 is 1.18 bits per heavy atom. The zero-order chi connectivity index (χ0) is 16.2. The van der Waals surface area contributed by atoms with E-state index in [0.717, 1.165) is 15.8 Å². The summed E-state index contributed by atoms with van der Waals surface area (Å²) < 4.78 is 5.69. The lowest BCUT2D eigenvalue weighted by molar-refractivity contribution is 0.702. The van der Waals surface area contributed by atoms with Gasteiger partial charge in [-0.3, -0.25) is 18.6 Å². The Morgan fingerprint density at radius 2 is 1.86 bits per heavy atom. The Bertz CT molecular complexity index is 1010. The Morgan fingerprint density at radius 3 is 2.45 bits per heavy atom. The van der Waals surface area contributed by atoms with Gasteiger partial charge in [0.05, 0.1) is 18.6 Å². The summed E-state index contributed by atoms with van der Waals surface area (Å²) in [5.74, 6) is 0. The summed E-state index contributed by atoms with van der Waals surface area (Å²) in [7, 11) is 4.79. The lowest BCUT2D eigenvalue weighted by Gasteiger charge is -2.06. The van der Waals surface area contributed by atoms with Crippen molar-refractivity contribution in [3.63, 3.8) is 0 Å². The zero-order valence-corrected chi connectivity index (χ0v) is 13.4. The Labute approximate surface area is 130 Å². The van der Waals surface area contributed by atoms with Gasteiger partial charge in [0.2, 0.25) is 0 Å². The van der Waals surface area contributed by atoms with Crippen LogP contribution in [0.25, 0.3) is 11.2 Å². The molecule has 3 rings (SSSR count). The normalized spacial score (nSPS) is 11.5. The van der Waals surface area contributed by atoms with E-state index in [9.17, 15) is 9.59 Å². The fourth-order valence-corrected chi connectivity index (χ4v) is 2.77.